The third-order valence-electron chi connectivity index (χ3n) is 3.63. The number of benzene rings is 1. The Bertz CT molecular complexity index is 766. The lowest BCUT2D eigenvalue weighted by Crippen LogP contribution is -2.38. The highest BCUT2D eigenvalue weighted by molar-refractivity contribution is 7.88. The molecule has 2 aromatic rings. The Hall–Kier alpha value is -1.70. The van der Waals surface area contributed by atoms with Crippen LogP contribution in [0.5, 0.6) is 0 Å². The van der Waals surface area contributed by atoms with Gasteiger partial charge in [0.1, 0.15) is 12.4 Å². The van der Waals surface area contributed by atoms with E-state index in [1.165, 1.54) is 5.56 Å². The van der Waals surface area contributed by atoms with Gasteiger partial charge in [0.2, 0.25) is 10.0 Å². The van der Waals surface area contributed by atoms with Gasteiger partial charge in [-0.25, -0.2) is 18.1 Å². The van der Waals surface area contributed by atoms with Gasteiger partial charge in [-0.15, -0.1) is 0 Å². The van der Waals surface area contributed by atoms with E-state index in [0.29, 0.717) is 13.2 Å². The van der Waals surface area contributed by atoms with Crippen molar-refractivity contribution in [1.82, 2.24) is 14.3 Å². The number of nitrogens with zero attached hydrogens (tertiary/aromatic N) is 2. The second-order valence-corrected chi connectivity index (χ2v) is 7.45. The fourth-order valence-corrected chi connectivity index (χ4v) is 2.91. The predicted octanol–water partition coefficient (Wildman–Crippen LogP) is 1.31. The number of rotatable bonds is 4. The summed E-state index contributed by atoms with van der Waals surface area (Å²) < 4.78 is 32.5. The van der Waals surface area contributed by atoms with Gasteiger partial charge >= 0.3 is 0 Å². The molecule has 0 saturated carbocycles. The average molecular weight is 321 g/mol. The lowest BCUT2D eigenvalue weighted by Gasteiger charge is -2.24. The molecular formula is C15H19N3O3S. The summed E-state index contributed by atoms with van der Waals surface area (Å²) in [7, 11) is -3.20. The Kier molecular flexibility index (Phi) is 4.03. The van der Waals surface area contributed by atoms with Gasteiger partial charge in [0, 0.05) is 18.3 Å². The Balaban J connectivity index is 1.74. The molecule has 0 saturated heterocycles. The maximum atomic E-state index is 11.2. The first kappa shape index (κ1) is 15.2. The molecule has 1 aromatic heterocycles. The van der Waals surface area contributed by atoms with Crippen molar-refractivity contribution in [3.8, 4) is 11.3 Å². The van der Waals surface area contributed by atoms with Crippen LogP contribution in [0.4, 0.5) is 0 Å². The summed E-state index contributed by atoms with van der Waals surface area (Å²) in [5.74, 6) is 0.867. The van der Waals surface area contributed by atoms with Gasteiger partial charge in [0.25, 0.3) is 0 Å². The van der Waals surface area contributed by atoms with Crippen LogP contribution in [-0.2, 0) is 27.9 Å². The third-order valence-corrected chi connectivity index (χ3v) is 4.32. The van der Waals surface area contributed by atoms with Crippen LogP contribution in [0.15, 0.2) is 30.5 Å². The number of aromatic nitrogens is 2. The zero-order valence-corrected chi connectivity index (χ0v) is 13.4. The van der Waals surface area contributed by atoms with Crippen LogP contribution in [0.2, 0.25) is 0 Å². The Morgan fingerprint density at radius 1 is 1.36 bits per heavy atom. The molecule has 0 aliphatic carbocycles. The van der Waals surface area contributed by atoms with Crippen molar-refractivity contribution in [1.29, 1.82) is 0 Å². The molecule has 0 amide bonds. The molecule has 1 N–H and O–H groups in total. The minimum absolute atomic E-state index is 0.178. The number of hydrogen-bond acceptors (Lipinski definition) is 4. The Morgan fingerprint density at radius 2 is 2.09 bits per heavy atom. The molecule has 1 atom stereocenters. The maximum Gasteiger partial charge on any atom is 0.208 e. The van der Waals surface area contributed by atoms with Crippen LogP contribution in [0.25, 0.3) is 11.3 Å². The van der Waals surface area contributed by atoms with Crippen molar-refractivity contribution in [2.75, 3.05) is 12.8 Å². The summed E-state index contributed by atoms with van der Waals surface area (Å²) >= 11 is 0. The monoisotopic (exact) mass is 321 g/mol. The zero-order chi connectivity index (χ0) is 15.7. The molecular weight excluding hydrogens is 302 g/mol. The van der Waals surface area contributed by atoms with E-state index in [2.05, 4.69) is 28.8 Å². The smallest absolute Gasteiger partial charge is 0.208 e. The molecule has 2 heterocycles. The fraction of sp³-hybridized carbons (Fsp3) is 0.400. The number of aryl methyl sites for hydroxylation is 1. The summed E-state index contributed by atoms with van der Waals surface area (Å²) in [6, 6.07) is 8.21. The van der Waals surface area contributed by atoms with E-state index in [-0.39, 0.29) is 12.6 Å². The van der Waals surface area contributed by atoms with Crippen LogP contribution in [0.3, 0.4) is 0 Å². The first-order valence-corrected chi connectivity index (χ1v) is 8.99. The van der Waals surface area contributed by atoms with Crippen molar-refractivity contribution in [2.45, 2.75) is 26.2 Å². The van der Waals surface area contributed by atoms with Crippen molar-refractivity contribution in [3.05, 3.63) is 41.9 Å². The maximum absolute atomic E-state index is 11.2. The minimum Gasteiger partial charge on any atom is -0.367 e. The fourth-order valence-electron chi connectivity index (χ4n) is 2.42. The second kappa shape index (κ2) is 5.83. The first-order chi connectivity index (χ1) is 10.4. The predicted molar refractivity (Wildman–Crippen MR) is 83.8 cm³/mol. The van der Waals surface area contributed by atoms with Crippen LogP contribution in [-0.4, -0.2) is 36.9 Å². The Labute approximate surface area is 130 Å². The lowest BCUT2D eigenvalue weighted by molar-refractivity contribution is 0.00588. The molecule has 0 radical (unpaired) electrons. The number of nitrogens with one attached hydrogen (secondary N) is 1. The highest BCUT2D eigenvalue weighted by Crippen LogP contribution is 2.22. The van der Waals surface area contributed by atoms with Gasteiger partial charge in [-0.3, -0.25) is 0 Å². The molecule has 1 aromatic carbocycles. The van der Waals surface area contributed by atoms with E-state index in [0.717, 1.165) is 23.3 Å². The van der Waals surface area contributed by atoms with E-state index in [4.69, 9.17) is 4.74 Å². The van der Waals surface area contributed by atoms with Gasteiger partial charge in [0.05, 0.1) is 24.6 Å². The molecule has 1 aliphatic rings. The largest absolute Gasteiger partial charge is 0.367 e. The lowest BCUT2D eigenvalue weighted by atomic mass is 10.1. The summed E-state index contributed by atoms with van der Waals surface area (Å²) in [4.78, 5) is 4.59. The summed E-state index contributed by atoms with van der Waals surface area (Å²) in [6.07, 6.45) is 2.96. The topological polar surface area (TPSA) is 73.2 Å². The number of ether oxygens (including phenoxy) is 1. The first-order valence-electron chi connectivity index (χ1n) is 7.10. The van der Waals surface area contributed by atoms with E-state index in [1.54, 1.807) is 0 Å². The molecule has 118 valence electrons. The molecule has 7 heteroatoms. The number of hydrogen-bond donors (Lipinski definition) is 1. The van der Waals surface area contributed by atoms with Crippen molar-refractivity contribution >= 4 is 10.0 Å². The third kappa shape index (κ3) is 3.55. The highest BCUT2D eigenvalue weighted by atomic mass is 32.2. The second-order valence-electron chi connectivity index (χ2n) is 5.61. The highest BCUT2D eigenvalue weighted by Gasteiger charge is 2.22. The summed E-state index contributed by atoms with van der Waals surface area (Å²) in [5.41, 5.74) is 3.19. The number of sulfonamides is 1. The van der Waals surface area contributed by atoms with E-state index >= 15 is 0 Å². The summed E-state index contributed by atoms with van der Waals surface area (Å²) in [5, 5.41) is 0. The van der Waals surface area contributed by atoms with Crippen LogP contribution in [0, 0.1) is 6.92 Å². The van der Waals surface area contributed by atoms with Crippen molar-refractivity contribution in [2.24, 2.45) is 0 Å². The molecule has 3 rings (SSSR count). The number of imidazole rings is 1. The van der Waals surface area contributed by atoms with E-state index < -0.39 is 10.0 Å². The zero-order valence-electron chi connectivity index (χ0n) is 12.6. The van der Waals surface area contributed by atoms with Crippen LogP contribution >= 0.6 is 0 Å². The summed E-state index contributed by atoms with van der Waals surface area (Å²) in [6.45, 7) is 3.31. The van der Waals surface area contributed by atoms with Crippen molar-refractivity contribution < 1.29 is 13.2 Å². The van der Waals surface area contributed by atoms with Gasteiger partial charge in [-0.2, -0.15) is 0 Å². The standard InChI is InChI=1S/C15H19N3O3S/c1-11-3-5-12(6-4-11)14-9-18-8-13(7-16-22(2,19)20)21-10-15(18)17-14/h3-6,9,13,16H,7-8,10H2,1-2H3/t13-/m0/s1. The van der Waals surface area contributed by atoms with Crippen LogP contribution in [0.1, 0.15) is 11.4 Å². The quantitative estimate of drug-likeness (QED) is 0.921. The molecule has 0 spiro atoms. The van der Waals surface area contributed by atoms with Gasteiger partial charge in [0.15, 0.2) is 0 Å². The van der Waals surface area contributed by atoms with Crippen molar-refractivity contribution in [3.63, 3.8) is 0 Å². The van der Waals surface area contributed by atoms with Gasteiger partial charge < -0.3 is 9.30 Å². The Morgan fingerprint density at radius 3 is 2.77 bits per heavy atom. The minimum atomic E-state index is -3.20. The SMILES string of the molecule is Cc1ccc(-c2cn3c(n2)CO[C@@H](CNS(C)(=O)=O)C3)cc1. The molecule has 0 bridgehead atoms. The number of fused-ring (bicyclic) bond motifs is 1. The average Bonchev–Trinajstić information content (AvgIpc) is 2.88. The molecule has 0 fully saturated rings. The van der Waals surface area contributed by atoms with E-state index in [9.17, 15) is 8.42 Å². The van der Waals surface area contributed by atoms with Crippen LogP contribution < -0.4 is 4.72 Å². The molecule has 6 nitrogen and oxygen atoms in total. The van der Waals surface area contributed by atoms with E-state index in [1.807, 2.05) is 22.9 Å². The molecule has 22 heavy (non-hydrogen) atoms. The normalized spacial score (nSPS) is 18.2. The van der Waals surface area contributed by atoms with Gasteiger partial charge in [-0.1, -0.05) is 29.8 Å². The molecule has 0 unspecified atom stereocenters. The van der Waals surface area contributed by atoms with Gasteiger partial charge in [-0.05, 0) is 6.92 Å². The molecule has 1 aliphatic heterocycles.